The molecule has 304 valence electrons. The number of pyridine rings is 4. The van der Waals surface area contributed by atoms with Gasteiger partial charge in [0, 0.05) is 54.6 Å². The van der Waals surface area contributed by atoms with E-state index in [1.807, 2.05) is 114 Å². The van der Waals surface area contributed by atoms with E-state index in [-0.39, 0.29) is 11.8 Å². The summed E-state index contributed by atoms with van der Waals surface area (Å²) in [6.07, 6.45) is 8.72. The second-order valence-corrected chi connectivity index (χ2v) is 14.4. The Labute approximate surface area is 356 Å². The van der Waals surface area contributed by atoms with Crippen LogP contribution in [0.15, 0.2) is 177 Å². The van der Waals surface area contributed by atoms with E-state index >= 15 is 0 Å². The molecule has 4 aromatic carbocycles. The predicted octanol–water partition coefficient (Wildman–Crippen LogP) is 8.87. The molecule has 10 rings (SSSR count). The summed E-state index contributed by atoms with van der Waals surface area (Å²) in [6.45, 7) is 0.721. The van der Waals surface area contributed by atoms with Crippen molar-refractivity contribution in [2.45, 2.75) is 13.2 Å². The molecule has 0 aliphatic rings. The van der Waals surface area contributed by atoms with Crippen molar-refractivity contribution >= 4 is 56.3 Å². The first kappa shape index (κ1) is 39.0. The van der Waals surface area contributed by atoms with Crippen molar-refractivity contribution in [1.29, 1.82) is 0 Å². The summed E-state index contributed by atoms with van der Waals surface area (Å²) in [7, 11) is 3.49. The molecule has 13 nitrogen and oxygen atoms in total. The van der Waals surface area contributed by atoms with Crippen LogP contribution in [0.1, 0.15) is 32.1 Å². The van der Waals surface area contributed by atoms with Crippen LogP contribution in [0.2, 0.25) is 0 Å². The van der Waals surface area contributed by atoms with Crippen molar-refractivity contribution in [2.24, 2.45) is 0 Å². The second-order valence-electron chi connectivity index (χ2n) is 14.4. The number of carbonyl (C=O) groups is 2. The fourth-order valence-electron chi connectivity index (χ4n) is 6.81. The van der Waals surface area contributed by atoms with Gasteiger partial charge in [-0.1, -0.05) is 48.5 Å². The maximum Gasteiger partial charge on any atom is 0.258 e. The molecule has 6 heterocycles. The Kier molecular flexibility index (Phi) is 11.0. The molecule has 0 fully saturated rings. The van der Waals surface area contributed by atoms with Crippen LogP contribution in [0.5, 0.6) is 11.5 Å². The Morgan fingerprint density at radius 2 is 1.06 bits per heavy atom. The second kappa shape index (κ2) is 17.4. The molecule has 0 bridgehead atoms. The average molecular weight is 818 g/mol. The van der Waals surface area contributed by atoms with Gasteiger partial charge >= 0.3 is 0 Å². The number of para-hydroxylation sites is 2. The largest absolute Gasteiger partial charge is 0.487 e. The number of aromatic nitrogens is 7. The fourth-order valence-corrected chi connectivity index (χ4v) is 6.81. The molecule has 0 atom stereocenters. The van der Waals surface area contributed by atoms with Crippen LogP contribution in [-0.2, 0) is 13.2 Å². The van der Waals surface area contributed by atoms with Gasteiger partial charge in [0.05, 0.1) is 40.0 Å². The molecule has 0 aliphatic heterocycles. The van der Waals surface area contributed by atoms with Crippen LogP contribution in [-0.4, -0.2) is 59.9 Å². The minimum absolute atomic E-state index is 0.0952. The number of carbonyl (C=O) groups excluding carboxylic acids is 2. The van der Waals surface area contributed by atoms with Gasteiger partial charge in [-0.15, -0.1) is 0 Å². The van der Waals surface area contributed by atoms with Gasteiger partial charge in [-0.05, 0) is 97.1 Å². The summed E-state index contributed by atoms with van der Waals surface area (Å²) >= 11 is 0. The van der Waals surface area contributed by atoms with Gasteiger partial charge in [0.15, 0.2) is 5.65 Å². The number of hydrogen-bond acceptors (Lipinski definition) is 9. The monoisotopic (exact) mass is 817 g/mol. The Bertz CT molecular complexity index is 2970. The van der Waals surface area contributed by atoms with E-state index in [4.69, 9.17) is 9.47 Å². The Morgan fingerprint density at radius 1 is 0.548 bits per heavy atom. The molecule has 0 N–H and O–H groups in total. The predicted molar refractivity (Wildman–Crippen MR) is 239 cm³/mol. The van der Waals surface area contributed by atoms with E-state index in [1.54, 1.807) is 89.3 Å². The molecular formula is C49H39N9O4. The summed E-state index contributed by atoms with van der Waals surface area (Å²) in [4.78, 5) is 46.5. The standard InChI is InChI=1S/C25H20N4O2.C24H19N5O2/c1-28(21-10-13-24-26-14-15-29(24)16-21)25(30)19-7-11-22(12-8-19)31-17-20-9-6-18-4-2-3-5-23(18)27-20;1-28(20-10-13-23-25-16-26-29(23)14-20)24(30)18-7-11-21(12-8-18)31-15-19-9-6-17-4-2-3-5-22(17)27-19/h2-16H,17H2,1H3;2-14,16H,15H2,1H3. The highest BCUT2D eigenvalue weighted by Crippen LogP contribution is 2.22. The molecule has 10 aromatic rings. The number of benzene rings is 4. The molecule has 0 spiro atoms. The third kappa shape index (κ3) is 8.63. The van der Waals surface area contributed by atoms with Crippen LogP contribution >= 0.6 is 0 Å². The lowest BCUT2D eigenvalue weighted by atomic mass is 10.2. The Morgan fingerprint density at radius 3 is 1.63 bits per heavy atom. The lowest BCUT2D eigenvalue weighted by Crippen LogP contribution is -2.26. The normalized spacial score (nSPS) is 11.0. The van der Waals surface area contributed by atoms with E-state index in [9.17, 15) is 9.59 Å². The van der Waals surface area contributed by atoms with Gasteiger partial charge in [-0.2, -0.15) is 5.10 Å². The highest BCUT2D eigenvalue weighted by molar-refractivity contribution is 6.06. The topological polar surface area (TPSA) is 132 Å². The summed E-state index contributed by atoms with van der Waals surface area (Å²) in [6, 6.07) is 45.7. The fraction of sp³-hybridized carbons (Fsp3) is 0.0816. The van der Waals surface area contributed by atoms with Crippen LogP contribution in [0.4, 0.5) is 11.4 Å². The van der Waals surface area contributed by atoms with Crippen molar-refractivity contribution in [3.05, 3.63) is 199 Å². The molecule has 6 aromatic heterocycles. The van der Waals surface area contributed by atoms with Crippen molar-refractivity contribution in [2.75, 3.05) is 23.9 Å². The molecule has 2 amide bonds. The third-order valence-electron chi connectivity index (χ3n) is 10.3. The first-order valence-corrected chi connectivity index (χ1v) is 19.8. The van der Waals surface area contributed by atoms with Crippen LogP contribution < -0.4 is 19.3 Å². The maximum absolute atomic E-state index is 12.9. The van der Waals surface area contributed by atoms with Crippen LogP contribution in [0.25, 0.3) is 33.1 Å². The summed E-state index contributed by atoms with van der Waals surface area (Å²) < 4.78 is 15.2. The minimum Gasteiger partial charge on any atom is -0.487 e. The van der Waals surface area contributed by atoms with Gasteiger partial charge in [0.2, 0.25) is 0 Å². The van der Waals surface area contributed by atoms with Gasteiger partial charge < -0.3 is 23.7 Å². The van der Waals surface area contributed by atoms with Gasteiger partial charge in [-0.25, -0.2) is 24.5 Å². The average Bonchev–Trinajstić information content (AvgIpc) is 4.02. The number of fused-ring (bicyclic) bond motifs is 4. The van der Waals surface area contributed by atoms with Crippen molar-refractivity contribution in [3.8, 4) is 11.5 Å². The summed E-state index contributed by atoms with van der Waals surface area (Å²) in [5.74, 6) is 1.15. The molecule has 0 unspecified atom stereocenters. The van der Waals surface area contributed by atoms with E-state index in [2.05, 4.69) is 25.0 Å². The van der Waals surface area contributed by atoms with E-state index < -0.39 is 0 Å². The van der Waals surface area contributed by atoms with Crippen molar-refractivity contribution in [3.63, 3.8) is 0 Å². The van der Waals surface area contributed by atoms with Gasteiger partial charge in [0.25, 0.3) is 11.8 Å². The molecule has 0 saturated heterocycles. The van der Waals surface area contributed by atoms with Gasteiger partial charge in [0.1, 0.15) is 36.7 Å². The van der Waals surface area contributed by atoms with Crippen LogP contribution in [0.3, 0.4) is 0 Å². The summed E-state index contributed by atoms with van der Waals surface area (Å²) in [5.41, 5.74) is 7.83. The molecule has 13 heteroatoms. The number of rotatable bonds is 10. The zero-order valence-corrected chi connectivity index (χ0v) is 33.8. The lowest BCUT2D eigenvalue weighted by Gasteiger charge is -2.18. The number of imidazole rings is 1. The first-order valence-electron chi connectivity index (χ1n) is 19.8. The third-order valence-corrected chi connectivity index (χ3v) is 10.3. The van der Waals surface area contributed by atoms with E-state index in [0.717, 1.165) is 55.9 Å². The minimum atomic E-state index is -0.123. The molecule has 0 aliphatic carbocycles. The van der Waals surface area contributed by atoms with E-state index in [1.165, 1.54) is 6.33 Å². The highest BCUT2D eigenvalue weighted by Gasteiger charge is 2.16. The van der Waals surface area contributed by atoms with Gasteiger partial charge in [-0.3, -0.25) is 9.59 Å². The van der Waals surface area contributed by atoms with Crippen molar-refractivity contribution in [1.82, 2.24) is 34.0 Å². The smallest absolute Gasteiger partial charge is 0.258 e. The molecule has 0 radical (unpaired) electrons. The first-order chi connectivity index (χ1) is 30.3. The number of amides is 2. The quantitative estimate of drug-likeness (QED) is 0.133. The number of nitrogens with zero attached hydrogens (tertiary/aromatic N) is 9. The van der Waals surface area contributed by atoms with Crippen molar-refractivity contribution < 1.29 is 19.1 Å². The maximum atomic E-state index is 12.9. The molecule has 0 saturated carbocycles. The van der Waals surface area contributed by atoms with Crippen LogP contribution in [0, 0.1) is 0 Å². The number of ether oxygens (including phenoxy) is 2. The summed E-state index contributed by atoms with van der Waals surface area (Å²) in [5, 5.41) is 6.31. The lowest BCUT2D eigenvalue weighted by molar-refractivity contribution is 0.0985. The zero-order valence-electron chi connectivity index (χ0n) is 33.8. The SMILES string of the molecule is CN(C(=O)c1ccc(OCc2ccc3ccccc3n2)cc1)c1ccc2nccn2c1.CN(C(=O)c1ccc(OCc2ccc3ccccc3n2)cc1)c1ccc2ncnn2c1. The number of anilines is 2. The molecule has 62 heavy (non-hydrogen) atoms. The van der Waals surface area contributed by atoms with E-state index in [0.29, 0.717) is 35.8 Å². The Hall–Kier alpha value is -8.45. The number of hydrogen-bond donors (Lipinski definition) is 0. The Balaban J connectivity index is 0.000000158. The zero-order chi connectivity index (χ0) is 42.4. The molecular weight excluding hydrogens is 779 g/mol. The highest BCUT2D eigenvalue weighted by atomic mass is 16.5.